The summed E-state index contributed by atoms with van der Waals surface area (Å²) in [6.07, 6.45) is 3.09. The molecule has 1 aromatic heterocycles. The van der Waals surface area contributed by atoms with E-state index >= 15 is 0 Å². The molecule has 0 unspecified atom stereocenters. The number of imidazole rings is 1. The zero-order chi connectivity index (χ0) is 24.6. The quantitative estimate of drug-likeness (QED) is 0.564. The predicted molar refractivity (Wildman–Crippen MR) is 119 cm³/mol. The fourth-order valence-corrected chi connectivity index (χ4v) is 4.08. The van der Waals surface area contributed by atoms with Crippen molar-refractivity contribution in [3.63, 3.8) is 0 Å². The number of aromatic nitrogens is 2. The van der Waals surface area contributed by atoms with Crippen LogP contribution in [-0.2, 0) is 9.53 Å². The SMILES string of the molecule is Cc1cn(-c2ccc(C=C3O[C@@H](C)CN([C@H](c4ccc(F)c(F)c4)[C@@H](C)O)C3=O)cc2F)cn1. The first-order valence-electron chi connectivity index (χ1n) is 10.8. The summed E-state index contributed by atoms with van der Waals surface area (Å²) >= 11 is 0. The lowest BCUT2D eigenvalue weighted by Gasteiger charge is -2.39. The summed E-state index contributed by atoms with van der Waals surface area (Å²) in [5.74, 6) is -3.20. The highest BCUT2D eigenvalue weighted by Gasteiger charge is 2.37. The van der Waals surface area contributed by atoms with E-state index in [-0.39, 0.29) is 17.9 Å². The topological polar surface area (TPSA) is 67.6 Å². The van der Waals surface area contributed by atoms with E-state index in [1.54, 1.807) is 36.7 Å². The number of hydrogen-bond donors (Lipinski definition) is 1. The number of aliphatic hydroxyl groups is 1. The van der Waals surface area contributed by atoms with Gasteiger partial charge in [0, 0.05) is 6.20 Å². The Hall–Kier alpha value is -3.59. The Morgan fingerprint density at radius 3 is 2.53 bits per heavy atom. The molecular formula is C25H24F3N3O3. The van der Waals surface area contributed by atoms with Gasteiger partial charge in [-0.15, -0.1) is 0 Å². The van der Waals surface area contributed by atoms with Crippen LogP contribution in [0.4, 0.5) is 13.2 Å². The number of halogens is 3. The van der Waals surface area contributed by atoms with Crippen LogP contribution in [-0.4, -0.2) is 44.2 Å². The molecule has 4 rings (SSSR count). The van der Waals surface area contributed by atoms with Crippen LogP contribution in [0.2, 0.25) is 0 Å². The Morgan fingerprint density at radius 1 is 1.15 bits per heavy atom. The molecule has 34 heavy (non-hydrogen) atoms. The van der Waals surface area contributed by atoms with E-state index in [1.807, 2.05) is 0 Å². The molecule has 0 bridgehead atoms. The van der Waals surface area contributed by atoms with Crippen molar-refractivity contribution in [2.24, 2.45) is 0 Å². The fraction of sp³-hybridized carbons (Fsp3) is 0.280. The molecule has 6 nitrogen and oxygen atoms in total. The Morgan fingerprint density at radius 2 is 1.91 bits per heavy atom. The van der Waals surface area contributed by atoms with Gasteiger partial charge in [0.2, 0.25) is 0 Å². The number of aryl methyl sites for hydroxylation is 1. The second kappa shape index (κ2) is 9.34. The van der Waals surface area contributed by atoms with Gasteiger partial charge in [-0.25, -0.2) is 18.2 Å². The van der Waals surface area contributed by atoms with Crippen LogP contribution in [0.15, 0.2) is 54.7 Å². The van der Waals surface area contributed by atoms with E-state index < -0.39 is 41.6 Å². The number of nitrogens with zero attached hydrogens (tertiary/aromatic N) is 3. The van der Waals surface area contributed by atoms with Gasteiger partial charge >= 0.3 is 0 Å². The molecule has 0 radical (unpaired) electrons. The molecule has 2 aromatic carbocycles. The molecule has 3 atom stereocenters. The molecule has 0 saturated carbocycles. The van der Waals surface area contributed by atoms with Crippen molar-refractivity contribution in [1.29, 1.82) is 0 Å². The van der Waals surface area contributed by atoms with E-state index in [0.29, 0.717) is 11.3 Å². The highest BCUT2D eigenvalue weighted by atomic mass is 19.2. The maximum absolute atomic E-state index is 14.8. The van der Waals surface area contributed by atoms with Gasteiger partial charge in [-0.05, 0) is 62.2 Å². The number of carbonyl (C=O) groups excluding carboxylic acids is 1. The molecule has 1 N–H and O–H groups in total. The van der Waals surface area contributed by atoms with Gasteiger partial charge in [0.15, 0.2) is 17.4 Å². The highest BCUT2D eigenvalue weighted by molar-refractivity contribution is 5.96. The van der Waals surface area contributed by atoms with E-state index in [4.69, 9.17) is 4.74 Å². The van der Waals surface area contributed by atoms with Crippen molar-refractivity contribution in [3.05, 3.63) is 89.0 Å². The van der Waals surface area contributed by atoms with Crippen LogP contribution >= 0.6 is 0 Å². The summed E-state index contributed by atoms with van der Waals surface area (Å²) in [4.78, 5) is 18.7. The van der Waals surface area contributed by atoms with Crippen LogP contribution in [0.5, 0.6) is 0 Å². The minimum atomic E-state index is -1.07. The molecule has 1 aliphatic rings. The van der Waals surface area contributed by atoms with E-state index in [1.165, 1.54) is 36.4 Å². The maximum atomic E-state index is 14.8. The fourth-order valence-electron chi connectivity index (χ4n) is 4.08. The first-order chi connectivity index (χ1) is 16.1. The van der Waals surface area contributed by atoms with Crippen molar-refractivity contribution in [1.82, 2.24) is 14.5 Å². The summed E-state index contributed by atoms with van der Waals surface area (Å²) < 4.78 is 49.3. The number of ether oxygens (including phenoxy) is 1. The summed E-state index contributed by atoms with van der Waals surface area (Å²) in [5, 5.41) is 10.4. The number of rotatable bonds is 5. The van der Waals surface area contributed by atoms with Gasteiger partial charge < -0.3 is 19.3 Å². The third-order valence-electron chi connectivity index (χ3n) is 5.59. The van der Waals surface area contributed by atoms with Crippen molar-refractivity contribution in [2.45, 2.75) is 39.0 Å². The second-order valence-electron chi connectivity index (χ2n) is 8.39. The number of aliphatic hydroxyl groups excluding tert-OH is 1. The molecule has 9 heteroatoms. The molecule has 1 amide bonds. The van der Waals surface area contributed by atoms with Crippen LogP contribution in [0.25, 0.3) is 11.8 Å². The maximum Gasteiger partial charge on any atom is 0.289 e. The van der Waals surface area contributed by atoms with Gasteiger partial charge in [-0.2, -0.15) is 0 Å². The first kappa shape index (κ1) is 23.6. The molecule has 1 fully saturated rings. The lowest BCUT2D eigenvalue weighted by molar-refractivity contribution is -0.145. The van der Waals surface area contributed by atoms with E-state index in [9.17, 15) is 23.1 Å². The monoisotopic (exact) mass is 471 g/mol. The average molecular weight is 471 g/mol. The number of carbonyl (C=O) groups is 1. The zero-order valence-corrected chi connectivity index (χ0v) is 18.9. The van der Waals surface area contributed by atoms with Gasteiger partial charge in [0.25, 0.3) is 5.91 Å². The molecule has 178 valence electrons. The third-order valence-corrected chi connectivity index (χ3v) is 5.59. The van der Waals surface area contributed by atoms with Crippen LogP contribution in [0.3, 0.4) is 0 Å². The largest absolute Gasteiger partial charge is 0.483 e. The number of benzene rings is 2. The Labute approximate surface area is 194 Å². The molecule has 1 saturated heterocycles. The lowest BCUT2D eigenvalue weighted by Crippen LogP contribution is -2.48. The molecular weight excluding hydrogens is 447 g/mol. The molecule has 0 aliphatic carbocycles. The molecule has 2 heterocycles. The zero-order valence-electron chi connectivity index (χ0n) is 18.9. The third kappa shape index (κ3) is 4.70. The minimum Gasteiger partial charge on any atom is -0.483 e. The van der Waals surface area contributed by atoms with Crippen molar-refractivity contribution in [2.75, 3.05) is 6.54 Å². The lowest BCUT2D eigenvalue weighted by atomic mass is 9.98. The smallest absolute Gasteiger partial charge is 0.289 e. The van der Waals surface area contributed by atoms with Gasteiger partial charge in [-0.3, -0.25) is 4.79 Å². The highest BCUT2D eigenvalue weighted by Crippen LogP contribution is 2.31. The number of morpholine rings is 1. The van der Waals surface area contributed by atoms with Gasteiger partial charge in [0.1, 0.15) is 11.9 Å². The van der Waals surface area contributed by atoms with Crippen molar-refractivity contribution < 1.29 is 27.8 Å². The van der Waals surface area contributed by atoms with Gasteiger partial charge in [-0.1, -0.05) is 12.1 Å². The minimum absolute atomic E-state index is 0.0439. The van der Waals surface area contributed by atoms with Gasteiger partial charge in [0.05, 0.1) is 36.4 Å². The standard InChI is InChI=1S/C25H24F3N3O3/c1-14-11-30(13-29-14)22-7-4-17(8-21(22)28)9-23-25(33)31(12-15(2)34-23)24(16(3)32)18-5-6-19(26)20(27)10-18/h4-11,13,15-16,24,32H,12H2,1-3H3/t15-,16+,24-/m0/s1. The van der Waals surface area contributed by atoms with Crippen LogP contribution < -0.4 is 0 Å². The van der Waals surface area contributed by atoms with E-state index in [2.05, 4.69) is 4.98 Å². The second-order valence-corrected chi connectivity index (χ2v) is 8.39. The Kier molecular flexibility index (Phi) is 6.47. The molecule has 0 spiro atoms. The van der Waals surface area contributed by atoms with Crippen molar-refractivity contribution in [3.8, 4) is 5.69 Å². The summed E-state index contributed by atoms with van der Waals surface area (Å²) in [6.45, 7) is 5.13. The summed E-state index contributed by atoms with van der Waals surface area (Å²) in [7, 11) is 0. The van der Waals surface area contributed by atoms with E-state index in [0.717, 1.165) is 17.8 Å². The molecule has 1 aliphatic heterocycles. The predicted octanol–water partition coefficient (Wildman–Crippen LogP) is 4.31. The van der Waals surface area contributed by atoms with Crippen LogP contribution in [0, 0.1) is 24.4 Å². The number of amides is 1. The normalized spacial score (nSPS) is 19.3. The summed E-state index contributed by atoms with van der Waals surface area (Å²) in [5.41, 5.74) is 1.70. The Balaban J connectivity index is 1.66. The first-order valence-corrected chi connectivity index (χ1v) is 10.8. The Bertz CT molecular complexity index is 1260. The number of hydrogen-bond acceptors (Lipinski definition) is 4. The summed E-state index contributed by atoms with van der Waals surface area (Å²) in [6, 6.07) is 6.81. The molecule has 3 aromatic rings. The van der Waals surface area contributed by atoms with Crippen LogP contribution in [0.1, 0.15) is 36.7 Å². The van der Waals surface area contributed by atoms with Crippen molar-refractivity contribution >= 4 is 12.0 Å². The average Bonchev–Trinajstić information content (AvgIpc) is 3.19.